The molecule has 0 amide bonds. The van der Waals surface area contributed by atoms with Crippen LogP contribution < -0.4 is 5.73 Å². The van der Waals surface area contributed by atoms with E-state index in [0.29, 0.717) is 6.54 Å². The Balaban J connectivity index is 0.000000360. The van der Waals surface area contributed by atoms with Crippen LogP contribution >= 0.6 is 11.8 Å². The van der Waals surface area contributed by atoms with Crippen molar-refractivity contribution in [2.24, 2.45) is 5.73 Å². The van der Waals surface area contributed by atoms with Crippen LogP contribution in [0.5, 0.6) is 0 Å². The zero-order valence-electron chi connectivity index (χ0n) is 11.8. The minimum atomic E-state index is -0.194. The Morgan fingerprint density at radius 2 is 2.22 bits per heavy atom. The molecule has 18 heavy (non-hydrogen) atoms. The molecule has 0 saturated carbocycles. The smallest absolute Gasteiger partial charge is 0.157 e. The summed E-state index contributed by atoms with van der Waals surface area (Å²) < 4.78 is 10.6. The average Bonchev–Trinajstić information content (AvgIpc) is 2.41. The van der Waals surface area contributed by atoms with Crippen LogP contribution in [-0.2, 0) is 9.47 Å². The first-order chi connectivity index (χ1) is 8.55. The molecule has 5 heteroatoms. The molecule has 4 nitrogen and oxygen atoms in total. The zero-order valence-corrected chi connectivity index (χ0v) is 12.6. The topological polar surface area (TPSA) is 68.3 Å². The van der Waals surface area contributed by atoms with E-state index in [0.717, 1.165) is 26.1 Å². The Morgan fingerprint density at radius 3 is 2.61 bits per heavy atom. The third-order valence-electron chi connectivity index (χ3n) is 2.57. The largest absolute Gasteiger partial charge is 0.353 e. The van der Waals surface area contributed by atoms with E-state index in [2.05, 4.69) is 6.07 Å². The molecule has 2 N–H and O–H groups in total. The molecule has 0 spiro atoms. The fourth-order valence-electron chi connectivity index (χ4n) is 1.19. The molecular weight excluding hydrogens is 248 g/mol. The van der Waals surface area contributed by atoms with Gasteiger partial charge in [-0.1, -0.05) is 0 Å². The highest BCUT2D eigenvalue weighted by Crippen LogP contribution is 2.18. The standard InChI is InChI=1S/C8H17NO2.C5H9NS/c9-5-3-7-11-8-4-1-2-6-10-8;1-5(2,4-6)7-3/h8H,1-7,9H2;1-3H3. The Morgan fingerprint density at radius 1 is 1.50 bits per heavy atom. The van der Waals surface area contributed by atoms with Gasteiger partial charge < -0.3 is 15.2 Å². The van der Waals surface area contributed by atoms with Gasteiger partial charge in [0.25, 0.3) is 0 Å². The Labute approximate surface area is 115 Å². The lowest BCUT2D eigenvalue weighted by atomic mass is 10.2. The summed E-state index contributed by atoms with van der Waals surface area (Å²) >= 11 is 1.57. The van der Waals surface area contributed by atoms with Crippen LogP contribution in [-0.4, -0.2) is 37.1 Å². The SMILES string of the molecule is CSC(C)(C)C#N.NCCCOC1CCCCO1. The maximum Gasteiger partial charge on any atom is 0.157 e. The van der Waals surface area contributed by atoms with Crippen molar-refractivity contribution in [2.45, 2.75) is 50.6 Å². The van der Waals surface area contributed by atoms with E-state index in [-0.39, 0.29) is 11.0 Å². The second-order valence-corrected chi connectivity index (χ2v) is 6.06. The predicted molar refractivity (Wildman–Crippen MR) is 76.4 cm³/mol. The maximum atomic E-state index is 8.32. The van der Waals surface area contributed by atoms with Gasteiger partial charge in [0.15, 0.2) is 6.29 Å². The molecule has 1 fully saturated rings. The monoisotopic (exact) mass is 274 g/mol. The molecule has 1 rings (SSSR count). The van der Waals surface area contributed by atoms with Crippen molar-refractivity contribution >= 4 is 11.8 Å². The predicted octanol–water partition coefficient (Wildman–Crippen LogP) is 2.53. The van der Waals surface area contributed by atoms with Gasteiger partial charge in [0, 0.05) is 6.61 Å². The van der Waals surface area contributed by atoms with Gasteiger partial charge in [0.05, 0.1) is 17.4 Å². The summed E-state index contributed by atoms with van der Waals surface area (Å²) in [6.45, 7) is 6.09. The average molecular weight is 274 g/mol. The first-order valence-corrected chi connectivity index (χ1v) is 7.68. The molecule has 1 heterocycles. The van der Waals surface area contributed by atoms with Gasteiger partial charge in [0.2, 0.25) is 0 Å². The summed E-state index contributed by atoms with van der Waals surface area (Å²) in [6.07, 6.45) is 6.37. The molecule has 0 aromatic heterocycles. The molecule has 0 radical (unpaired) electrons. The fraction of sp³-hybridized carbons (Fsp3) is 0.923. The van der Waals surface area contributed by atoms with E-state index < -0.39 is 0 Å². The molecule has 0 aliphatic carbocycles. The summed E-state index contributed by atoms with van der Waals surface area (Å²) in [5.74, 6) is 0. The number of hydrogen-bond donors (Lipinski definition) is 1. The fourth-order valence-corrected chi connectivity index (χ4v) is 1.28. The van der Waals surface area contributed by atoms with Gasteiger partial charge in [-0.25, -0.2) is 0 Å². The first-order valence-electron chi connectivity index (χ1n) is 6.45. The number of nitriles is 1. The van der Waals surface area contributed by atoms with E-state index in [4.69, 9.17) is 20.5 Å². The van der Waals surface area contributed by atoms with Crippen LogP contribution in [0.4, 0.5) is 0 Å². The Hall–Kier alpha value is -0.280. The molecular formula is C13H26N2O2S. The van der Waals surface area contributed by atoms with Gasteiger partial charge in [-0.15, -0.1) is 11.8 Å². The normalized spacial score (nSPS) is 19.6. The molecule has 1 unspecified atom stereocenters. The molecule has 0 aromatic rings. The molecule has 1 aliphatic heterocycles. The van der Waals surface area contributed by atoms with Crippen molar-refractivity contribution in [1.29, 1.82) is 5.26 Å². The lowest BCUT2D eigenvalue weighted by molar-refractivity contribution is -0.162. The van der Waals surface area contributed by atoms with Crippen LogP contribution in [0.25, 0.3) is 0 Å². The number of hydrogen-bond acceptors (Lipinski definition) is 5. The van der Waals surface area contributed by atoms with Crippen molar-refractivity contribution in [3.05, 3.63) is 0 Å². The summed E-state index contributed by atoms with van der Waals surface area (Å²) in [5.41, 5.74) is 5.32. The summed E-state index contributed by atoms with van der Waals surface area (Å²) in [6, 6.07) is 2.15. The van der Waals surface area contributed by atoms with Gasteiger partial charge in [-0.3, -0.25) is 0 Å². The van der Waals surface area contributed by atoms with E-state index >= 15 is 0 Å². The number of thioether (sulfide) groups is 1. The van der Waals surface area contributed by atoms with Crippen LogP contribution in [0.2, 0.25) is 0 Å². The number of ether oxygens (including phenoxy) is 2. The second kappa shape index (κ2) is 10.6. The number of rotatable bonds is 5. The molecule has 1 atom stereocenters. The Kier molecular flexibility index (Phi) is 10.5. The van der Waals surface area contributed by atoms with Gasteiger partial charge in [-0.2, -0.15) is 5.26 Å². The van der Waals surface area contributed by atoms with Crippen molar-refractivity contribution in [3.63, 3.8) is 0 Å². The number of nitrogens with zero attached hydrogens (tertiary/aromatic N) is 1. The van der Waals surface area contributed by atoms with E-state index in [1.54, 1.807) is 11.8 Å². The van der Waals surface area contributed by atoms with Crippen molar-refractivity contribution in [1.82, 2.24) is 0 Å². The summed E-state index contributed by atoms with van der Waals surface area (Å²) in [5, 5.41) is 8.32. The lowest BCUT2D eigenvalue weighted by Gasteiger charge is -2.22. The van der Waals surface area contributed by atoms with Crippen LogP contribution in [0, 0.1) is 11.3 Å². The van der Waals surface area contributed by atoms with Gasteiger partial charge >= 0.3 is 0 Å². The third-order valence-corrected chi connectivity index (χ3v) is 3.68. The highest BCUT2D eigenvalue weighted by atomic mass is 32.2. The number of nitrogens with two attached hydrogens (primary N) is 1. The van der Waals surface area contributed by atoms with Gasteiger partial charge in [0.1, 0.15) is 0 Å². The minimum absolute atomic E-state index is 0.0512. The van der Waals surface area contributed by atoms with Crippen LogP contribution in [0.1, 0.15) is 39.5 Å². The first kappa shape index (κ1) is 17.7. The van der Waals surface area contributed by atoms with Crippen molar-refractivity contribution < 1.29 is 9.47 Å². The zero-order chi connectivity index (χ0) is 13.9. The van der Waals surface area contributed by atoms with Crippen LogP contribution in [0.15, 0.2) is 0 Å². The van der Waals surface area contributed by atoms with E-state index in [1.165, 1.54) is 12.8 Å². The lowest BCUT2D eigenvalue weighted by Crippen LogP contribution is -2.23. The summed E-state index contributed by atoms with van der Waals surface area (Å²) in [7, 11) is 0. The summed E-state index contributed by atoms with van der Waals surface area (Å²) in [4.78, 5) is 0. The molecule has 0 aromatic carbocycles. The maximum absolute atomic E-state index is 8.32. The highest BCUT2D eigenvalue weighted by Gasteiger charge is 2.13. The molecule has 0 bridgehead atoms. The van der Waals surface area contributed by atoms with Crippen molar-refractivity contribution in [2.75, 3.05) is 26.0 Å². The third kappa shape index (κ3) is 9.72. The highest BCUT2D eigenvalue weighted by molar-refractivity contribution is 8.00. The minimum Gasteiger partial charge on any atom is -0.353 e. The quantitative estimate of drug-likeness (QED) is 0.780. The molecule has 1 aliphatic rings. The molecule has 1 saturated heterocycles. The van der Waals surface area contributed by atoms with E-state index in [9.17, 15) is 0 Å². The van der Waals surface area contributed by atoms with Crippen LogP contribution in [0.3, 0.4) is 0 Å². The van der Waals surface area contributed by atoms with Crippen molar-refractivity contribution in [3.8, 4) is 6.07 Å². The second-order valence-electron chi connectivity index (χ2n) is 4.64. The Bertz CT molecular complexity index is 236. The van der Waals surface area contributed by atoms with E-state index in [1.807, 2.05) is 20.1 Å². The van der Waals surface area contributed by atoms with Gasteiger partial charge in [-0.05, 0) is 52.3 Å². The molecule has 106 valence electrons.